The fourth-order valence-electron chi connectivity index (χ4n) is 1.72. The van der Waals surface area contributed by atoms with Crippen LogP contribution in [0.5, 0.6) is 0 Å². The summed E-state index contributed by atoms with van der Waals surface area (Å²) in [4.78, 5) is 18.5. The van der Waals surface area contributed by atoms with Crippen LogP contribution in [0, 0.1) is 13.8 Å². The van der Waals surface area contributed by atoms with Gasteiger partial charge in [-0.1, -0.05) is 23.8 Å². The van der Waals surface area contributed by atoms with Crippen molar-refractivity contribution >= 4 is 12.3 Å². The second-order valence-corrected chi connectivity index (χ2v) is 4.33. The molecular formula is C14H16N4O2. The van der Waals surface area contributed by atoms with E-state index in [1.165, 1.54) is 18.9 Å². The van der Waals surface area contributed by atoms with Gasteiger partial charge in [-0.3, -0.25) is 0 Å². The first-order valence-corrected chi connectivity index (χ1v) is 6.11. The van der Waals surface area contributed by atoms with E-state index >= 15 is 0 Å². The Balaban J connectivity index is 2.19. The predicted octanol–water partition coefficient (Wildman–Crippen LogP) is 2.38. The molecule has 1 heterocycles. The molecule has 0 saturated carbocycles. The minimum absolute atomic E-state index is 0.617. The number of nitrogens with zero attached hydrogens (tertiary/aromatic N) is 2. The third-order valence-electron chi connectivity index (χ3n) is 2.74. The lowest BCUT2D eigenvalue weighted by molar-refractivity contribution is 0.171. The third kappa shape index (κ3) is 3.23. The van der Waals surface area contributed by atoms with Crippen LogP contribution in [0.3, 0.4) is 0 Å². The Hall–Kier alpha value is -2.63. The van der Waals surface area contributed by atoms with E-state index in [1.54, 1.807) is 0 Å². The quantitative estimate of drug-likeness (QED) is 0.665. The molecule has 2 N–H and O–H groups in total. The molecule has 2 aromatic rings. The van der Waals surface area contributed by atoms with Crippen molar-refractivity contribution in [3.05, 3.63) is 41.2 Å². The smallest absolute Gasteiger partial charge is 0.427 e. The zero-order chi connectivity index (χ0) is 14.5. The molecule has 0 unspecified atom stereocenters. The minimum Gasteiger partial charge on any atom is -0.452 e. The van der Waals surface area contributed by atoms with Crippen LogP contribution in [0.4, 0.5) is 4.79 Å². The second-order valence-electron chi connectivity index (χ2n) is 4.33. The number of H-pyrrole nitrogens is 1. The zero-order valence-electron chi connectivity index (χ0n) is 11.6. The van der Waals surface area contributed by atoms with Crippen LogP contribution in [0.2, 0.25) is 0 Å². The highest BCUT2D eigenvalue weighted by molar-refractivity contribution is 5.81. The summed E-state index contributed by atoms with van der Waals surface area (Å²) in [6.07, 6.45) is 0.857. The number of nitrogens with one attached hydrogen (secondary N) is 2. The molecule has 0 aliphatic carbocycles. The number of benzene rings is 1. The summed E-state index contributed by atoms with van der Waals surface area (Å²) in [5, 5.41) is 3.77. The van der Waals surface area contributed by atoms with Crippen LogP contribution in [-0.4, -0.2) is 29.4 Å². The average Bonchev–Trinajstić information content (AvgIpc) is 2.80. The largest absolute Gasteiger partial charge is 0.452 e. The first-order chi connectivity index (χ1) is 9.60. The molecule has 104 valence electrons. The van der Waals surface area contributed by atoms with Gasteiger partial charge in [-0.2, -0.15) is 5.10 Å². The van der Waals surface area contributed by atoms with Crippen LogP contribution in [0.15, 0.2) is 29.4 Å². The molecule has 0 bridgehead atoms. The molecular weight excluding hydrogens is 256 g/mol. The monoisotopic (exact) mass is 272 g/mol. The highest BCUT2D eigenvalue weighted by Gasteiger charge is 2.07. The molecule has 1 amide bonds. The lowest BCUT2D eigenvalue weighted by Gasteiger charge is -1.97. The number of carbonyl (C=O) groups excluding carboxylic acids is 1. The minimum atomic E-state index is -0.617. The zero-order valence-corrected chi connectivity index (χ0v) is 11.6. The summed E-state index contributed by atoms with van der Waals surface area (Å²) in [5.74, 6) is 0.769. The summed E-state index contributed by atoms with van der Waals surface area (Å²) in [6, 6.07) is 8.04. The molecule has 0 spiro atoms. The SMILES string of the molecule is COC(=O)NN=Cc1nc(-c2cccc(C)c2)[nH]c1C. The Morgan fingerprint density at radius 1 is 1.45 bits per heavy atom. The average molecular weight is 272 g/mol. The third-order valence-corrected chi connectivity index (χ3v) is 2.74. The van der Waals surface area contributed by atoms with Crippen molar-refractivity contribution in [2.45, 2.75) is 13.8 Å². The van der Waals surface area contributed by atoms with E-state index in [0.29, 0.717) is 5.69 Å². The Morgan fingerprint density at radius 2 is 2.25 bits per heavy atom. The van der Waals surface area contributed by atoms with Gasteiger partial charge in [0.2, 0.25) is 0 Å². The number of aryl methyl sites for hydroxylation is 2. The molecule has 0 saturated heterocycles. The number of ether oxygens (including phenoxy) is 1. The van der Waals surface area contributed by atoms with Crippen molar-refractivity contribution in [3.8, 4) is 11.4 Å². The number of rotatable bonds is 3. The maximum atomic E-state index is 10.9. The fourth-order valence-corrected chi connectivity index (χ4v) is 1.72. The molecule has 0 fully saturated rings. The van der Waals surface area contributed by atoms with E-state index in [4.69, 9.17) is 0 Å². The summed E-state index contributed by atoms with van der Waals surface area (Å²) < 4.78 is 4.41. The van der Waals surface area contributed by atoms with Gasteiger partial charge in [-0.25, -0.2) is 15.2 Å². The molecule has 0 aliphatic rings. The second kappa shape index (κ2) is 6.01. The molecule has 2 rings (SSSR count). The fraction of sp³-hybridized carbons (Fsp3) is 0.214. The number of amides is 1. The van der Waals surface area contributed by atoms with Crippen LogP contribution < -0.4 is 5.43 Å². The predicted molar refractivity (Wildman–Crippen MR) is 76.6 cm³/mol. The van der Waals surface area contributed by atoms with Gasteiger partial charge in [-0.05, 0) is 19.9 Å². The van der Waals surface area contributed by atoms with E-state index < -0.39 is 6.09 Å². The molecule has 6 nitrogen and oxygen atoms in total. The number of aromatic nitrogens is 2. The molecule has 0 aliphatic heterocycles. The lowest BCUT2D eigenvalue weighted by Crippen LogP contribution is -2.16. The highest BCUT2D eigenvalue weighted by Crippen LogP contribution is 2.18. The van der Waals surface area contributed by atoms with Gasteiger partial charge in [0.1, 0.15) is 11.5 Å². The van der Waals surface area contributed by atoms with Gasteiger partial charge in [0.05, 0.1) is 13.3 Å². The van der Waals surface area contributed by atoms with Gasteiger partial charge < -0.3 is 9.72 Å². The summed E-state index contributed by atoms with van der Waals surface area (Å²) >= 11 is 0. The van der Waals surface area contributed by atoms with Crippen LogP contribution >= 0.6 is 0 Å². The number of hydrazone groups is 1. The Bertz CT molecular complexity index is 646. The summed E-state index contributed by atoms with van der Waals surface area (Å²) in [6.45, 7) is 3.92. The number of carbonyl (C=O) groups is 1. The standard InChI is InChI=1S/C14H16N4O2/c1-9-5-4-6-11(7-9)13-16-10(2)12(17-13)8-15-18-14(19)20-3/h4-8H,1-3H3,(H,16,17)(H,18,19). The highest BCUT2D eigenvalue weighted by atomic mass is 16.5. The molecule has 0 atom stereocenters. The number of hydrogen-bond acceptors (Lipinski definition) is 4. The Kier molecular flexibility index (Phi) is 4.14. The van der Waals surface area contributed by atoms with Crippen molar-refractivity contribution in [2.75, 3.05) is 7.11 Å². The van der Waals surface area contributed by atoms with Crippen molar-refractivity contribution in [1.82, 2.24) is 15.4 Å². The van der Waals surface area contributed by atoms with Crippen LogP contribution in [0.1, 0.15) is 17.0 Å². The van der Waals surface area contributed by atoms with Crippen molar-refractivity contribution in [1.29, 1.82) is 0 Å². The van der Waals surface area contributed by atoms with E-state index in [9.17, 15) is 4.79 Å². The molecule has 1 aromatic heterocycles. The molecule has 0 radical (unpaired) electrons. The topological polar surface area (TPSA) is 79.4 Å². The van der Waals surface area contributed by atoms with Gasteiger partial charge >= 0.3 is 6.09 Å². The number of imidazole rings is 1. The normalized spacial score (nSPS) is 10.8. The van der Waals surface area contributed by atoms with E-state index in [2.05, 4.69) is 25.2 Å². The maximum absolute atomic E-state index is 10.9. The van der Waals surface area contributed by atoms with Crippen LogP contribution in [-0.2, 0) is 4.74 Å². The van der Waals surface area contributed by atoms with Gasteiger partial charge in [0, 0.05) is 11.3 Å². The Labute approximate surface area is 116 Å². The van der Waals surface area contributed by atoms with Crippen LogP contribution in [0.25, 0.3) is 11.4 Å². The maximum Gasteiger partial charge on any atom is 0.427 e. The number of methoxy groups -OCH3 is 1. The molecule has 6 heteroatoms. The van der Waals surface area contributed by atoms with E-state index in [0.717, 1.165) is 17.1 Å². The summed E-state index contributed by atoms with van der Waals surface area (Å²) in [5.41, 5.74) is 5.93. The van der Waals surface area contributed by atoms with Gasteiger partial charge in [0.25, 0.3) is 0 Å². The van der Waals surface area contributed by atoms with Gasteiger partial charge in [0.15, 0.2) is 0 Å². The first-order valence-electron chi connectivity index (χ1n) is 6.11. The van der Waals surface area contributed by atoms with E-state index in [-0.39, 0.29) is 0 Å². The first kappa shape index (κ1) is 13.8. The van der Waals surface area contributed by atoms with E-state index in [1.807, 2.05) is 38.1 Å². The number of hydrogen-bond donors (Lipinski definition) is 2. The van der Waals surface area contributed by atoms with Crippen molar-refractivity contribution in [2.24, 2.45) is 5.10 Å². The summed E-state index contributed by atoms with van der Waals surface area (Å²) in [7, 11) is 1.28. The Morgan fingerprint density at radius 3 is 2.95 bits per heavy atom. The van der Waals surface area contributed by atoms with Gasteiger partial charge in [-0.15, -0.1) is 0 Å². The molecule has 1 aromatic carbocycles. The molecule has 20 heavy (non-hydrogen) atoms. The number of aromatic amines is 1. The van der Waals surface area contributed by atoms with Crippen molar-refractivity contribution < 1.29 is 9.53 Å². The van der Waals surface area contributed by atoms with Crippen molar-refractivity contribution in [3.63, 3.8) is 0 Å². The lowest BCUT2D eigenvalue weighted by atomic mass is 10.1.